The van der Waals surface area contributed by atoms with Crippen LogP contribution in [0.15, 0.2) is 30.7 Å². The van der Waals surface area contributed by atoms with Gasteiger partial charge in [0, 0.05) is 12.7 Å². The molecule has 0 aliphatic heterocycles. The van der Waals surface area contributed by atoms with Crippen molar-refractivity contribution in [2.24, 2.45) is 5.92 Å². The fraction of sp³-hybridized carbons (Fsp3) is 0.529. The fourth-order valence-electron chi connectivity index (χ4n) is 2.98. The first-order valence-corrected chi connectivity index (χ1v) is 8.52. The average molecular weight is 329 g/mol. The SMILES string of the molecule is O=C(NCCOc1cccnc1)c1cn(CC2CCCCC2)nn1. The highest BCUT2D eigenvalue weighted by molar-refractivity contribution is 5.91. The van der Waals surface area contributed by atoms with Gasteiger partial charge in [-0.1, -0.05) is 24.5 Å². The van der Waals surface area contributed by atoms with Crippen molar-refractivity contribution < 1.29 is 9.53 Å². The van der Waals surface area contributed by atoms with Crippen LogP contribution in [0.1, 0.15) is 42.6 Å². The van der Waals surface area contributed by atoms with Gasteiger partial charge in [0.15, 0.2) is 5.69 Å². The molecule has 1 saturated carbocycles. The molecule has 1 amide bonds. The Balaban J connectivity index is 1.40. The van der Waals surface area contributed by atoms with Crippen LogP contribution >= 0.6 is 0 Å². The predicted octanol–water partition coefficient (Wildman–Crippen LogP) is 2.06. The number of hydrogen-bond donors (Lipinski definition) is 1. The summed E-state index contributed by atoms with van der Waals surface area (Å²) in [5.74, 6) is 1.12. The van der Waals surface area contributed by atoms with E-state index in [2.05, 4.69) is 20.6 Å². The Labute approximate surface area is 141 Å². The van der Waals surface area contributed by atoms with Crippen molar-refractivity contribution in [3.05, 3.63) is 36.4 Å². The van der Waals surface area contributed by atoms with Crippen LogP contribution in [0.4, 0.5) is 0 Å². The number of nitrogens with zero attached hydrogens (tertiary/aromatic N) is 4. The van der Waals surface area contributed by atoms with Gasteiger partial charge in [0.25, 0.3) is 5.91 Å². The van der Waals surface area contributed by atoms with Crippen molar-refractivity contribution in [1.29, 1.82) is 0 Å². The quantitative estimate of drug-likeness (QED) is 0.786. The van der Waals surface area contributed by atoms with Crippen molar-refractivity contribution in [2.45, 2.75) is 38.6 Å². The molecule has 0 unspecified atom stereocenters. The van der Waals surface area contributed by atoms with E-state index in [9.17, 15) is 4.79 Å². The lowest BCUT2D eigenvalue weighted by Gasteiger charge is -2.20. The van der Waals surface area contributed by atoms with E-state index in [1.807, 2.05) is 6.07 Å². The minimum absolute atomic E-state index is 0.223. The van der Waals surface area contributed by atoms with Gasteiger partial charge in [-0.15, -0.1) is 5.10 Å². The van der Waals surface area contributed by atoms with Gasteiger partial charge in [0.05, 0.1) is 18.9 Å². The molecule has 2 aromatic heterocycles. The zero-order valence-electron chi connectivity index (χ0n) is 13.7. The van der Waals surface area contributed by atoms with Crippen LogP contribution in [-0.4, -0.2) is 39.0 Å². The zero-order valence-corrected chi connectivity index (χ0v) is 13.7. The summed E-state index contributed by atoms with van der Waals surface area (Å²) in [6.07, 6.45) is 11.5. The lowest BCUT2D eigenvalue weighted by Crippen LogP contribution is -2.28. The number of pyridine rings is 1. The summed E-state index contributed by atoms with van der Waals surface area (Å²) in [5.41, 5.74) is 0.354. The molecular weight excluding hydrogens is 306 g/mol. The number of carbonyl (C=O) groups excluding carboxylic acids is 1. The molecule has 3 rings (SSSR count). The van der Waals surface area contributed by atoms with Crippen LogP contribution in [0.3, 0.4) is 0 Å². The van der Waals surface area contributed by atoms with Crippen LogP contribution < -0.4 is 10.1 Å². The molecule has 0 bridgehead atoms. The summed E-state index contributed by atoms with van der Waals surface area (Å²) in [5, 5.41) is 10.8. The van der Waals surface area contributed by atoms with Gasteiger partial charge in [-0.2, -0.15) is 0 Å². The van der Waals surface area contributed by atoms with Gasteiger partial charge < -0.3 is 10.1 Å². The van der Waals surface area contributed by atoms with E-state index in [-0.39, 0.29) is 5.91 Å². The second-order valence-corrected chi connectivity index (χ2v) is 6.12. The topological polar surface area (TPSA) is 81.9 Å². The van der Waals surface area contributed by atoms with E-state index in [0.29, 0.717) is 30.5 Å². The number of rotatable bonds is 7. The molecule has 7 nitrogen and oxygen atoms in total. The predicted molar refractivity (Wildman–Crippen MR) is 88.7 cm³/mol. The van der Waals surface area contributed by atoms with Crippen LogP contribution in [-0.2, 0) is 6.54 Å². The Kier molecular flexibility index (Phi) is 5.76. The van der Waals surface area contributed by atoms with E-state index in [0.717, 1.165) is 6.54 Å². The van der Waals surface area contributed by atoms with Crippen molar-refractivity contribution >= 4 is 5.91 Å². The highest BCUT2D eigenvalue weighted by atomic mass is 16.5. The molecule has 2 heterocycles. The molecule has 1 aliphatic carbocycles. The smallest absolute Gasteiger partial charge is 0.273 e. The molecule has 1 fully saturated rings. The van der Waals surface area contributed by atoms with Gasteiger partial charge in [-0.05, 0) is 30.9 Å². The van der Waals surface area contributed by atoms with E-state index in [4.69, 9.17) is 4.74 Å². The van der Waals surface area contributed by atoms with Gasteiger partial charge in [-0.25, -0.2) is 0 Å². The largest absolute Gasteiger partial charge is 0.490 e. The molecule has 1 N–H and O–H groups in total. The molecule has 128 valence electrons. The zero-order chi connectivity index (χ0) is 16.6. The molecule has 1 aliphatic rings. The summed E-state index contributed by atoms with van der Waals surface area (Å²) < 4.78 is 7.27. The average Bonchev–Trinajstić information content (AvgIpc) is 3.09. The van der Waals surface area contributed by atoms with Crippen LogP contribution in [0.2, 0.25) is 0 Å². The number of nitrogens with one attached hydrogen (secondary N) is 1. The molecule has 2 aromatic rings. The summed E-state index contributed by atoms with van der Waals surface area (Å²) >= 11 is 0. The highest BCUT2D eigenvalue weighted by Crippen LogP contribution is 2.24. The van der Waals surface area contributed by atoms with Gasteiger partial charge in [0.1, 0.15) is 12.4 Å². The minimum Gasteiger partial charge on any atom is -0.490 e. The molecule has 0 spiro atoms. The van der Waals surface area contributed by atoms with Crippen LogP contribution in [0.5, 0.6) is 5.75 Å². The number of hydrogen-bond acceptors (Lipinski definition) is 5. The Morgan fingerprint density at radius 2 is 2.21 bits per heavy atom. The summed E-state index contributed by atoms with van der Waals surface area (Å²) in [6.45, 7) is 1.64. The number of amides is 1. The summed E-state index contributed by atoms with van der Waals surface area (Å²) in [4.78, 5) is 16.0. The first-order chi connectivity index (χ1) is 11.8. The number of aromatic nitrogens is 4. The maximum atomic E-state index is 12.1. The molecular formula is C17H23N5O2. The first kappa shape index (κ1) is 16.4. The third-order valence-electron chi connectivity index (χ3n) is 4.23. The normalized spacial score (nSPS) is 15.2. The van der Waals surface area contributed by atoms with E-state index < -0.39 is 0 Å². The van der Waals surface area contributed by atoms with E-state index in [1.54, 1.807) is 29.3 Å². The van der Waals surface area contributed by atoms with E-state index >= 15 is 0 Å². The lowest BCUT2D eigenvalue weighted by atomic mass is 9.89. The Hall–Kier alpha value is -2.44. The Morgan fingerprint density at radius 3 is 3.00 bits per heavy atom. The van der Waals surface area contributed by atoms with Crippen molar-refractivity contribution in [1.82, 2.24) is 25.3 Å². The molecule has 0 radical (unpaired) electrons. The van der Waals surface area contributed by atoms with Gasteiger partial charge >= 0.3 is 0 Å². The second kappa shape index (κ2) is 8.42. The third-order valence-corrected chi connectivity index (χ3v) is 4.23. The van der Waals surface area contributed by atoms with Crippen molar-refractivity contribution in [3.8, 4) is 5.75 Å². The maximum absolute atomic E-state index is 12.1. The molecule has 0 atom stereocenters. The Bertz CT molecular complexity index is 637. The molecule has 0 saturated heterocycles. The third kappa shape index (κ3) is 4.78. The van der Waals surface area contributed by atoms with Crippen LogP contribution in [0.25, 0.3) is 0 Å². The molecule has 24 heavy (non-hydrogen) atoms. The van der Waals surface area contributed by atoms with Gasteiger partial charge in [0.2, 0.25) is 0 Å². The van der Waals surface area contributed by atoms with Crippen molar-refractivity contribution in [3.63, 3.8) is 0 Å². The van der Waals surface area contributed by atoms with Crippen molar-refractivity contribution in [2.75, 3.05) is 13.2 Å². The fourth-order valence-corrected chi connectivity index (χ4v) is 2.98. The molecule has 0 aromatic carbocycles. The van der Waals surface area contributed by atoms with Gasteiger partial charge in [-0.3, -0.25) is 14.5 Å². The van der Waals surface area contributed by atoms with E-state index in [1.165, 1.54) is 32.1 Å². The highest BCUT2D eigenvalue weighted by Gasteiger charge is 2.16. The maximum Gasteiger partial charge on any atom is 0.273 e. The van der Waals surface area contributed by atoms with Crippen LogP contribution in [0, 0.1) is 5.92 Å². The lowest BCUT2D eigenvalue weighted by molar-refractivity contribution is 0.0942. The summed E-state index contributed by atoms with van der Waals surface area (Å²) in [6, 6.07) is 3.63. The molecule has 7 heteroatoms. The number of ether oxygens (including phenoxy) is 1. The monoisotopic (exact) mass is 329 g/mol. The summed E-state index contributed by atoms with van der Waals surface area (Å²) in [7, 11) is 0. The standard InChI is InChI=1S/C17H23N5O2/c23-17(19-9-10-24-15-7-4-8-18-11-15)16-13-22(21-20-16)12-14-5-2-1-3-6-14/h4,7-8,11,13-14H,1-3,5-6,9-10,12H2,(H,19,23). The first-order valence-electron chi connectivity index (χ1n) is 8.52. The Morgan fingerprint density at radius 1 is 1.33 bits per heavy atom. The minimum atomic E-state index is -0.223. The second-order valence-electron chi connectivity index (χ2n) is 6.12. The number of carbonyl (C=O) groups is 1.